The van der Waals surface area contributed by atoms with Crippen molar-refractivity contribution in [3.63, 3.8) is 0 Å². The number of thiol groups is 1. The Morgan fingerprint density at radius 3 is 2.35 bits per heavy atom. The molecule has 0 aliphatic carbocycles. The van der Waals surface area contributed by atoms with Gasteiger partial charge in [0.1, 0.15) is 5.75 Å². The lowest BCUT2D eigenvalue weighted by atomic mass is 10.1. The predicted molar refractivity (Wildman–Crippen MR) is 91.0 cm³/mol. The van der Waals surface area contributed by atoms with E-state index in [-0.39, 0.29) is 0 Å². The zero-order chi connectivity index (χ0) is 16.7. The van der Waals surface area contributed by atoms with E-state index in [4.69, 9.17) is 4.18 Å². The molecule has 0 saturated carbocycles. The minimum atomic E-state index is -2.93. The highest BCUT2D eigenvalue weighted by molar-refractivity contribution is 7.67. The smallest absolute Gasteiger partial charge is 0.299 e. The molecule has 0 radical (unpaired) electrons. The third kappa shape index (κ3) is 5.55. The molecule has 0 aliphatic rings. The number of benzene rings is 2. The Kier molecular flexibility index (Phi) is 5.87. The largest absolute Gasteiger partial charge is 0.384 e. The van der Waals surface area contributed by atoms with Gasteiger partial charge in [-0.2, -0.15) is 8.42 Å². The van der Waals surface area contributed by atoms with Crippen molar-refractivity contribution in [1.82, 2.24) is 5.01 Å². The van der Waals surface area contributed by atoms with Gasteiger partial charge in [0.2, 0.25) is 0 Å². The molecule has 6 nitrogen and oxygen atoms in total. The van der Waals surface area contributed by atoms with E-state index >= 15 is 0 Å². The predicted octanol–water partition coefficient (Wildman–Crippen LogP) is 3.32. The third-order valence-corrected chi connectivity index (χ3v) is 3.13. The molecule has 0 amide bonds. The highest BCUT2D eigenvalue weighted by Crippen LogP contribution is 2.21. The van der Waals surface area contributed by atoms with Gasteiger partial charge in [0.15, 0.2) is 0 Å². The second-order valence-electron chi connectivity index (χ2n) is 4.81. The van der Waals surface area contributed by atoms with Crippen LogP contribution in [0.3, 0.4) is 0 Å². The molecule has 2 aromatic carbocycles. The molecular formula is C16H17N3O3S. The first-order valence-corrected chi connectivity index (χ1v) is 7.92. The average Bonchev–Trinajstić information content (AvgIpc) is 2.52. The molecule has 0 fully saturated rings. The monoisotopic (exact) mass is 331 g/mol. The fourth-order valence-electron chi connectivity index (χ4n) is 1.76. The first-order valence-electron chi connectivity index (χ1n) is 6.83. The van der Waals surface area contributed by atoms with Crippen molar-refractivity contribution in [3.8, 4) is 5.75 Å². The molecule has 0 spiro atoms. The van der Waals surface area contributed by atoms with Crippen LogP contribution < -0.4 is 4.18 Å². The summed E-state index contributed by atoms with van der Waals surface area (Å²) >= 11 is 0. The Balaban J connectivity index is 2.14. The molecule has 0 bridgehead atoms. The first kappa shape index (κ1) is 16.7. The number of hydrogen-bond donors (Lipinski definition) is 1. The van der Waals surface area contributed by atoms with Crippen LogP contribution in [-0.4, -0.2) is 27.5 Å². The number of para-hydroxylation sites is 1. The maximum absolute atomic E-state index is 10.7. The molecule has 120 valence electrons. The molecule has 0 saturated heterocycles. The van der Waals surface area contributed by atoms with Gasteiger partial charge in [-0.05, 0) is 23.8 Å². The minimum Gasteiger partial charge on any atom is -0.384 e. The Bertz CT molecular complexity index is 773. The lowest BCUT2D eigenvalue weighted by Gasteiger charge is -2.02. The van der Waals surface area contributed by atoms with Crippen molar-refractivity contribution in [1.29, 1.82) is 0 Å². The van der Waals surface area contributed by atoms with Gasteiger partial charge in [0.05, 0.1) is 5.69 Å². The maximum atomic E-state index is 10.7. The van der Waals surface area contributed by atoms with E-state index in [1.807, 2.05) is 36.4 Å². The summed E-state index contributed by atoms with van der Waals surface area (Å²) in [5.41, 5.74) is 2.39. The number of rotatable bonds is 6. The van der Waals surface area contributed by atoms with E-state index in [2.05, 4.69) is 10.3 Å². The lowest BCUT2D eigenvalue weighted by Crippen LogP contribution is -1.98. The topological polar surface area (TPSA) is 71.3 Å². The lowest BCUT2D eigenvalue weighted by molar-refractivity contribution is 0.408. The van der Waals surface area contributed by atoms with Crippen LogP contribution in [0.15, 0.2) is 58.9 Å². The zero-order valence-electron chi connectivity index (χ0n) is 12.8. The molecule has 0 atom stereocenters. The first-order chi connectivity index (χ1) is 11.0. The van der Waals surface area contributed by atoms with Gasteiger partial charge in [-0.1, -0.05) is 47.7 Å². The van der Waals surface area contributed by atoms with Gasteiger partial charge in [-0.25, -0.2) is 0 Å². The highest BCUT2D eigenvalue weighted by Gasteiger charge is 2.00. The summed E-state index contributed by atoms with van der Waals surface area (Å²) < 4.78 is 26.2. The van der Waals surface area contributed by atoms with Crippen LogP contribution in [0.1, 0.15) is 11.1 Å². The fraction of sp³-hybridized carbons (Fsp3) is 0.125. The van der Waals surface area contributed by atoms with Crippen molar-refractivity contribution in [2.45, 2.75) is 0 Å². The number of nitrogens with zero attached hydrogens (tertiary/aromatic N) is 3. The van der Waals surface area contributed by atoms with Gasteiger partial charge in [-0.3, -0.25) is 5.01 Å². The van der Waals surface area contributed by atoms with Crippen LogP contribution in [-0.2, 0) is 11.0 Å². The summed E-state index contributed by atoms with van der Waals surface area (Å²) in [5, 5.41) is 9.59. The van der Waals surface area contributed by atoms with Crippen LogP contribution in [0, 0.1) is 0 Å². The Hall–Kier alpha value is -2.67. The summed E-state index contributed by atoms with van der Waals surface area (Å²) in [4.78, 5) is 0. The van der Waals surface area contributed by atoms with Gasteiger partial charge < -0.3 is 4.18 Å². The van der Waals surface area contributed by atoms with Crippen molar-refractivity contribution in [3.05, 3.63) is 59.7 Å². The fourth-order valence-corrected chi connectivity index (χ4v) is 2.09. The number of hydrogen-bond acceptors (Lipinski definition) is 5. The van der Waals surface area contributed by atoms with Crippen molar-refractivity contribution < 1.29 is 12.6 Å². The van der Waals surface area contributed by atoms with Crippen LogP contribution in [0.25, 0.3) is 12.2 Å². The van der Waals surface area contributed by atoms with Gasteiger partial charge in [0, 0.05) is 19.7 Å². The molecule has 0 unspecified atom stereocenters. The molecule has 0 aromatic heterocycles. The van der Waals surface area contributed by atoms with E-state index in [9.17, 15) is 8.42 Å². The van der Waals surface area contributed by atoms with Crippen LogP contribution >= 0.6 is 0 Å². The molecule has 2 aromatic rings. The summed E-state index contributed by atoms with van der Waals surface area (Å²) in [7, 11) is 0.670. The Labute approximate surface area is 136 Å². The molecule has 0 N–H and O–H groups in total. The Morgan fingerprint density at radius 1 is 1.00 bits per heavy atom. The standard InChI is InChI=1S/C16H17N3O3S/c1-19(2)18-17-15-11-8-13(9-12-15)7-10-14-5-3-4-6-16(14)22-23(20)21/h3-12,23H,1-2H3. The average molecular weight is 331 g/mol. The molecule has 0 heterocycles. The quantitative estimate of drug-likeness (QED) is 0.381. The van der Waals surface area contributed by atoms with Crippen molar-refractivity contribution >= 4 is 28.8 Å². The molecule has 7 heteroatoms. The molecule has 23 heavy (non-hydrogen) atoms. The van der Waals surface area contributed by atoms with E-state index in [1.165, 1.54) is 0 Å². The zero-order valence-corrected chi connectivity index (χ0v) is 13.7. The van der Waals surface area contributed by atoms with E-state index in [1.54, 1.807) is 43.4 Å². The van der Waals surface area contributed by atoms with E-state index in [0.29, 0.717) is 11.3 Å². The minimum absolute atomic E-state index is 0.302. The van der Waals surface area contributed by atoms with Crippen molar-refractivity contribution in [2.24, 2.45) is 10.3 Å². The van der Waals surface area contributed by atoms with Crippen LogP contribution in [0.5, 0.6) is 5.75 Å². The van der Waals surface area contributed by atoms with Crippen molar-refractivity contribution in [2.75, 3.05) is 14.1 Å². The normalized spacial score (nSPS) is 11.4. The second-order valence-corrected chi connectivity index (χ2v) is 5.44. The summed E-state index contributed by atoms with van der Waals surface area (Å²) in [6, 6.07) is 14.4. The molecule has 0 aliphatic heterocycles. The van der Waals surface area contributed by atoms with Gasteiger partial charge in [0.25, 0.3) is 11.0 Å². The SMILES string of the molecule is CN(C)N=Nc1ccc(C=Cc2ccccc2O[SH](=O)=O)cc1. The molecular weight excluding hydrogens is 314 g/mol. The summed E-state index contributed by atoms with van der Waals surface area (Å²) in [6.45, 7) is 0. The Morgan fingerprint density at radius 2 is 1.70 bits per heavy atom. The highest BCUT2D eigenvalue weighted by atomic mass is 32.2. The molecule has 2 rings (SSSR count). The summed E-state index contributed by atoms with van der Waals surface area (Å²) in [6.07, 6.45) is 3.66. The van der Waals surface area contributed by atoms with Gasteiger partial charge in [-0.15, -0.1) is 5.11 Å². The second kappa shape index (κ2) is 8.09. The van der Waals surface area contributed by atoms with E-state index < -0.39 is 11.0 Å². The maximum Gasteiger partial charge on any atom is 0.299 e. The third-order valence-electron chi connectivity index (χ3n) is 2.78. The summed E-state index contributed by atoms with van der Waals surface area (Å²) in [5.74, 6) is 0.302. The van der Waals surface area contributed by atoms with Crippen LogP contribution in [0.4, 0.5) is 5.69 Å². The van der Waals surface area contributed by atoms with Gasteiger partial charge >= 0.3 is 0 Å². The van der Waals surface area contributed by atoms with Crippen LogP contribution in [0.2, 0.25) is 0 Å². The van der Waals surface area contributed by atoms with E-state index in [0.717, 1.165) is 11.3 Å².